The van der Waals surface area contributed by atoms with E-state index < -0.39 is 0 Å². The molecule has 0 amide bonds. The van der Waals surface area contributed by atoms with E-state index in [1.54, 1.807) is 6.20 Å². The van der Waals surface area contributed by atoms with Crippen molar-refractivity contribution in [2.24, 2.45) is 0 Å². The zero-order chi connectivity index (χ0) is 12.4. The molecule has 1 spiro atoms. The first-order chi connectivity index (χ1) is 8.81. The monoisotopic (exact) mass is 245 g/mol. The number of nitrogens with zero attached hydrogens (tertiary/aromatic N) is 3. The van der Waals surface area contributed by atoms with E-state index in [-0.39, 0.29) is 5.79 Å². The van der Waals surface area contributed by atoms with Crippen molar-refractivity contribution in [3.05, 3.63) is 24.0 Å². The number of piperidine rings is 1. The van der Waals surface area contributed by atoms with Crippen LogP contribution in [0.1, 0.15) is 18.5 Å². The van der Waals surface area contributed by atoms with E-state index in [4.69, 9.17) is 14.7 Å². The molecular weight excluding hydrogens is 230 g/mol. The molecule has 2 saturated heterocycles. The van der Waals surface area contributed by atoms with Crippen LogP contribution in [0.2, 0.25) is 0 Å². The Labute approximate surface area is 106 Å². The van der Waals surface area contributed by atoms with E-state index in [1.807, 2.05) is 12.1 Å². The topological polar surface area (TPSA) is 58.4 Å². The second kappa shape index (κ2) is 4.56. The van der Waals surface area contributed by atoms with Gasteiger partial charge in [0, 0.05) is 37.8 Å². The molecule has 3 heterocycles. The number of anilines is 1. The molecular formula is C13H15N3O2. The van der Waals surface area contributed by atoms with Gasteiger partial charge in [-0.2, -0.15) is 5.26 Å². The standard InChI is InChI=1S/C13H15N3O2/c14-10-11-9-12(1-4-15-11)16-5-2-13(3-6-16)17-7-8-18-13/h1,4,9H,2-3,5-8H2. The first kappa shape index (κ1) is 11.5. The van der Waals surface area contributed by atoms with Crippen molar-refractivity contribution in [1.29, 1.82) is 5.26 Å². The molecule has 3 rings (SSSR count). The molecule has 0 aromatic carbocycles. The van der Waals surface area contributed by atoms with Crippen LogP contribution in [-0.2, 0) is 9.47 Å². The van der Waals surface area contributed by atoms with E-state index in [2.05, 4.69) is 16.0 Å². The van der Waals surface area contributed by atoms with Gasteiger partial charge in [0.1, 0.15) is 11.8 Å². The summed E-state index contributed by atoms with van der Waals surface area (Å²) < 4.78 is 11.4. The van der Waals surface area contributed by atoms with E-state index in [0.29, 0.717) is 18.9 Å². The smallest absolute Gasteiger partial charge is 0.171 e. The highest BCUT2D eigenvalue weighted by Gasteiger charge is 2.39. The minimum Gasteiger partial charge on any atom is -0.371 e. The van der Waals surface area contributed by atoms with Gasteiger partial charge in [-0.25, -0.2) is 4.98 Å². The zero-order valence-corrected chi connectivity index (χ0v) is 10.1. The lowest BCUT2D eigenvalue weighted by Gasteiger charge is -2.38. The van der Waals surface area contributed by atoms with Gasteiger partial charge in [-0.3, -0.25) is 0 Å². The first-order valence-corrected chi connectivity index (χ1v) is 6.20. The summed E-state index contributed by atoms with van der Waals surface area (Å²) in [6.07, 6.45) is 3.43. The molecule has 0 bridgehead atoms. The normalized spacial score (nSPS) is 22.1. The lowest BCUT2D eigenvalue weighted by molar-refractivity contribution is -0.169. The van der Waals surface area contributed by atoms with Gasteiger partial charge in [-0.05, 0) is 12.1 Å². The Bertz CT molecular complexity index is 467. The Morgan fingerprint density at radius 3 is 2.67 bits per heavy atom. The summed E-state index contributed by atoms with van der Waals surface area (Å²) in [5.74, 6) is -0.346. The quantitative estimate of drug-likeness (QED) is 0.746. The second-order valence-corrected chi connectivity index (χ2v) is 4.61. The number of aromatic nitrogens is 1. The summed E-state index contributed by atoms with van der Waals surface area (Å²) >= 11 is 0. The van der Waals surface area contributed by atoms with Crippen molar-refractivity contribution in [2.45, 2.75) is 18.6 Å². The number of ether oxygens (including phenoxy) is 2. The lowest BCUT2D eigenvalue weighted by atomic mass is 10.0. The number of nitriles is 1. The van der Waals surface area contributed by atoms with Crippen LogP contribution < -0.4 is 4.90 Å². The predicted molar refractivity (Wildman–Crippen MR) is 65.0 cm³/mol. The van der Waals surface area contributed by atoms with Crippen LogP contribution >= 0.6 is 0 Å². The minimum absolute atomic E-state index is 0.346. The molecule has 5 nitrogen and oxygen atoms in total. The number of pyridine rings is 1. The van der Waals surface area contributed by atoms with Crippen LogP contribution in [-0.4, -0.2) is 37.1 Å². The van der Waals surface area contributed by atoms with Crippen molar-refractivity contribution in [2.75, 3.05) is 31.2 Å². The minimum atomic E-state index is -0.346. The summed E-state index contributed by atoms with van der Waals surface area (Å²) in [5, 5.41) is 8.86. The summed E-state index contributed by atoms with van der Waals surface area (Å²) in [5.41, 5.74) is 1.51. The van der Waals surface area contributed by atoms with Crippen LogP contribution in [0.25, 0.3) is 0 Å². The third kappa shape index (κ3) is 2.05. The molecule has 94 valence electrons. The average Bonchev–Trinajstić information content (AvgIpc) is 2.88. The van der Waals surface area contributed by atoms with Gasteiger partial charge in [0.15, 0.2) is 5.79 Å². The van der Waals surface area contributed by atoms with Crippen molar-refractivity contribution >= 4 is 5.69 Å². The summed E-state index contributed by atoms with van der Waals surface area (Å²) in [4.78, 5) is 6.24. The van der Waals surface area contributed by atoms with Crippen LogP contribution in [0.15, 0.2) is 18.3 Å². The SMILES string of the molecule is N#Cc1cc(N2CCC3(CC2)OCCO3)ccn1. The maximum atomic E-state index is 8.86. The van der Waals surface area contributed by atoms with Gasteiger partial charge in [-0.1, -0.05) is 0 Å². The first-order valence-electron chi connectivity index (χ1n) is 6.20. The highest BCUT2D eigenvalue weighted by Crippen LogP contribution is 2.33. The van der Waals surface area contributed by atoms with Crippen LogP contribution in [0.4, 0.5) is 5.69 Å². The average molecular weight is 245 g/mol. The molecule has 2 aliphatic rings. The lowest BCUT2D eigenvalue weighted by Crippen LogP contribution is -2.45. The molecule has 18 heavy (non-hydrogen) atoms. The van der Waals surface area contributed by atoms with Crippen molar-refractivity contribution in [3.63, 3.8) is 0 Å². The Balaban J connectivity index is 1.70. The highest BCUT2D eigenvalue weighted by atomic mass is 16.7. The van der Waals surface area contributed by atoms with Crippen molar-refractivity contribution in [3.8, 4) is 6.07 Å². The highest BCUT2D eigenvalue weighted by molar-refractivity contribution is 5.49. The van der Waals surface area contributed by atoms with E-state index in [9.17, 15) is 0 Å². The molecule has 0 radical (unpaired) electrons. The molecule has 1 aromatic rings. The van der Waals surface area contributed by atoms with Crippen molar-refractivity contribution in [1.82, 2.24) is 4.98 Å². The molecule has 0 N–H and O–H groups in total. The fourth-order valence-corrected chi connectivity index (χ4v) is 2.57. The zero-order valence-electron chi connectivity index (χ0n) is 10.1. The van der Waals surface area contributed by atoms with Crippen LogP contribution in [0, 0.1) is 11.3 Å². The summed E-state index contributed by atoms with van der Waals surface area (Å²) in [6, 6.07) is 5.84. The van der Waals surface area contributed by atoms with E-state index in [0.717, 1.165) is 31.6 Å². The Morgan fingerprint density at radius 2 is 2.00 bits per heavy atom. The van der Waals surface area contributed by atoms with Crippen molar-refractivity contribution < 1.29 is 9.47 Å². The fourth-order valence-electron chi connectivity index (χ4n) is 2.57. The number of hydrogen-bond acceptors (Lipinski definition) is 5. The molecule has 0 unspecified atom stereocenters. The third-order valence-corrected chi connectivity index (χ3v) is 3.56. The number of rotatable bonds is 1. The fraction of sp³-hybridized carbons (Fsp3) is 0.538. The largest absolute Gasteiger partial charge is 0.371 e. The van der Waals surface area contributed by atoms with Gasteiger partial charge in [0.25, 0.3) is 0 Å². The Kier molecular flexibility index (Phi) is 2.90. The molecule has 2 aliphatic heterocycles. The van der Waals surface area contributed by atoms with Gasteiger partial charge in [-0.15, -0.1) is 0 Å². The molecule has 0 aliphatic carbocycles. The molecule has 0 saturated carbocycles. The van der Waals surface area contributed by atoms with Gasteiger partial charge < -0.3 is 14.4 Å². The molecule has 5 heteroatoms. The van der Waals surface area contributed by atoms with Crippen LogP contribution in [0.3, 0.4) is 0 Å². The molecule has 2 fully saturated rings. The van der Waals surface area contributed by atoms with E-state index in [1.165, 1.54) is 0 Å². The number of hydrogen-bond donors (Lipinski definition) is 0. The molecule has 1 aromatic heterocycles. The van der Waals surface area contributed by atoms with Gasteiger partial charge in [0.2, 0.25) is 0 Å². The molecule has 0 atom stereocenters. The second-order valence-electron chi connectivity index (χ2n) is 4.61. The Morgan fingerprint density at radius 1 is 1.28 bits per heavy atom. The van der Waals surface area contributed by atoms with Gasteiger partial charge >= 0.3 is 0 Å². The predicted octanol–water partition coefficient (Wildman–Crippen LogP) is 1.30. The van der Waals surface area contributed by atoms with Gasteiger partial charge in [0.05, 0.1) is 13.2 Å². The van der Waals surface area contributed by atoms with E-state index >= 15 is 0 Å². The Hall–Kier alpha value is -1.64. The third-order valence-electron chi connectivity index (χ3n) is 3.56. The maximum absolute atomic E-state index is 8.86. The summed E-state index contributed by atoms with van der Waals surface area (Å²) in [6.45, 7) is 3.17. The van der Waals surface area contributed by atoms with Crippen LogP contribution in [0.5, 0.6) is 0 Å². The summed E-state index contributed by atoms with van der Waals surface area (Å²) in [7, 11) is 0. The maximum Gasteiger partial charge on any atom is 0.171 e.